The van der Waals surface area contributed by atoms with Gasteiger partial charge in [0.05, 0.1) is 11.3 Å². The predicted molar refractivity (Wildman–Crippen MR) is 102 cm³/mol. The lowest BCUT2D eigenvalue weighted by Crippen LogP contribution is -2.29. The number of aliphatic hydroxyl groups is 1. The molecule has 0 fully saturated rings. The first-order chi connectivity index (χ1) is 13.2. The highest BCUT2D eigenvalue weighted by molar-refractivity contribution is 7.11. The third-order valence-corrected chi connectivity index (χ3v) is 5.21. The lowest BCUT2D eigenvalue weighted by atomic mass is 9.96. The second kappa shape index (κ2) is 7.06. The average molecular weight is 374 g/mol. The van der Waals surface area contributed by atoms with Crippen LogP contribution in [-0.2, 0) is 11.2 Å². The SMILES string of the molecule is N#CC(=C(O)C1Cc2ccccc2C(=O)O1)c1nc(-c2ccccc2)cs1. The van der Waals surface area contributed by atoms with E-state index in [0.29, 0.717) is 17.0 Å². The van der Waals surface area contributed by atoms with E-state index in [-0.39, 0.29) is 11.3 Å². The van der Waals surface area contributed by atoms with Gasteiger partial charge in [0.2, 0.25) is 0 Å². The standard InChI is InChI=1S/C21H14N2O3S/c22-11-16(20-23-17(12-27-20)13-6-2-1-3-7-13)19(24)18-10-14-8-4-5-9-15(14)21(25)26-18/h1-9,12,18,24H,10H2. The topological polar surface area (TPSA) is 83.2 Å². The van der Waals surface area contributed by atoms with Crippen molar-refractivity contribution in [1.29, 1.82) is 5.26 Å². The minimum Gasteiger partial charge on any atom is -0.507 e. The van der Waals surface area contributed by atoms with Gasteiger partial charge in [0.15, 0.2) is 11.9 Å². The van der Waals surface area contributed by atoms with Gasteiger partial charge in [-0.2, -0.15) is 5.26 Å². The molecule has 0 amide bonds. The van der Waals surface area contributed by atoms with Crippen molar-refractivity contribution in [2.45, 2.75) is 12.5 Å². The van der Waals surface area contributed by atoms with Crippen LogP contribution in [-0.4, -0.2) is 22.2 Å². The van der Waals surface area contributed by atoms with Gasteiger partial charge in [0.25, 0.3) is 0 Å². The van der Waals surface area contributed by atoms with E-state index in [4.69, 9.17) is 4.74 Å². The maximum absolute atomic E-state index is 12.2. The van der Waals surface area contributed by atoms with Crippen molar-refractivity contribution in [3.63, 3.8) is 0 Å². The second-order valence-corrected chi connectivity index (χ2v) is 6.89. The van der Waals surface area contributed by atoms with E-state index in [1.54, 1.807) is 12.1 Å². The molecule has 0 saturated heterocycles. The first-order valence-corrected chi connectivity index (χ1v) is 9.19. The number of rotatable bonds is 3. The Bertz CT molecular complexity index is 1080. The number of hydrogen-bond acceptors (Lipinski definition) is 6. The lowest BCUT2D eigenvalue weighted by molar-refractivity contribution is 0.0251. The summed E-state index contributed by atoms with van der Waals surface area (Å²) in [6.45, 7) is 0. The van der Waals surface area contributed by atoms with E-state index in [9.17, 15) is 15.2 Å². The molecule has 0 radical (unpaired) electrons. The van der Waals surface area contributed by atoms with Crippen molar-refractivity contribution in [2.24, 2.45) is 0 Å². The van der Waals surface area contributed by atoms with Gasteiger partial charge >= 0.3 is 5.97 Å². The number of esters is 1. The van der Waals surface area contributed by atoms with Crippen LogP contribution in [0.2, 0.25) is 0 Å². The highest BCUT2D eigenvalue weighted by Crippen LogP contribution is 2.31. The minimum absolute atomic E-state index is 0.0272. The fraction of sp³-hybridized carbons (Fsp3) is 0.0952. The molecule has 3 aromatic rings. The summed E-state index contributed by atoms with van der Waals surface area (Å²) < 4.78 is 5.35. The van der Waals surface area contributed by atoms with Crippen LogP contribution in [0.1, 0.15) is 20.9 Å². The number of carbonyl (C=O) groups is 1. The van der Waals surface area contributed by atoms with Crippen LogP contribution in [0.5, 0.6) is 0 Å². The Balaban J connectivity index is 1.68. The highest BCUT2D eigenvalue weighted by Gasteiger charge is 2.31. The third kappa shape index (κ3) is 3.21. The summed E-state index contributed by atoms with van der Waals surface area (Å²) in [7, 11) is 0. The quantitative estimate of drug-likeness (QED) is 0.418. The summed E-state index contributed by atoms with van der Waals surface area (Å²) in [4.78, 5) is 16.7. The van der Waals surface area contributed by atoms with Crippen LogP contribution in [0.25, 0.3) is 16.8 Å². The van der Waals surface area contributed by atoms with Gasteiger partial charge in [-0.25, -0.2) is 9.78 Å². The number of aromatic nitrogens is 1. The molecule has 6 heteroatoms. The molecule has 1 aromatic heterocycles. The number of benzene rings is 2. The lowest BCUT2D eigenvalue weighted by Gasteiger charge is -2.24. The minimum atomic E-state index is -0.897. The Morgan fingerprint density at radius 1 is 1.19 bits per heavy atom. The fourth-order valence-electron chi connectivity index (χ4n) is 2.99. The number of hydrogen-bond donors (Lipinski definition) is 1. The first kappa shape index (κ1) is 17.0. The van der Waals surface area contributed by atoms with E-state index in [2.05, 4.69) is 4.98 Å². The van der Waals surface area contributed by atoms with Gasteiger partial charge in [-0.3, -0.25) is 0 Å². The van der Waals surface area contributed by atoms with Gasteiger partial charge in [-0.1, -0.05) is 48.5 Å². The van der Waals surface area contributed by atoms with Crippen LogP contribution < -0.4 is 0 Å². The van der Waals surface area contributed by atoms with Crippen LogP contribution in [0.15, 0.2) is 65.7 Å². The summed E-state index contributed by atoms with van der Waals surface area (Å²) in [5.74, 6) is -0.774. The van der Waals surface area contributed by atoms with Crippen molar-refractivity contribution >= 4 is 22.9 Å². The first-order valence-electron chi connectivity index (χ1n) is 8.31. The van der Waals surface area contributed by atoms with Crippen molar-refractivity contribution in [2.75, 3.05) is 0 Å². The number of nitrogens with zero attached hydrogens (tertiary/aromatic N) is 2. The van der Waals surface area contributed by atoms with Crippen LogP contribution in [0, 0.1) is 11.3 Å². The van der Waals surface area contributed by atoms with E-state index < -0.39 is 12.1 Å². The number of carbonyl (C=O) groups excluding carboxylic acids is 1. The van der Waals surface area contributed by atoms with Gasteiger partial charge in [0.1, 0.15) is 16.6 Å². The summed E-state index contributed by atoms with van der Waals surface area (Å²) in [6, 6.07) is 18.7. The fourth-order valence-corrected chi connectivity index (χ4v) is 3.82. The van der Waals surface area contributed by atoms with Crippen LogP contribution >= 0.6 is 11.3 Å². The van der Waals surface area contributed by atoms with E-state index in [1.807, 2.05) is 53.9 Å². The van der Waals surface area contributed by atoms with Crippen molar-refractivity contribution in [3.8, 4) is 17.3 Å². The molecule has 0 bridgehead atoms. The largest absolute Gasteiger partial charge is 0.507 e. The number of cyclic esters (lactones) is 1. The number of fused-ring (bicyclic) bond motifs is 1. The van der Waals surface area contributed by atoms with Gasteiger partial charge in [0, 0.05) is 17.4 Å². The zero-order chi connectivity index (χ0) is 18.8. The molecule has 2 heterocycles. The monoisotopic (exact) mass is 374 g/mol. The molecule has 2 aromatic carbocycles. The van der Waals surface area contributed by atoms with E-state index in [0.717, 1.165) is 16.8 Å². The molecular weight excluding hydrogens is 360 g/mol. The Morgan fingerprint density at radius 2 is 1.93 bits per heavy atom. The van der Waals surface area contributed by atoms with Gasteiger partial charge < -0.3 is 9.84 Å². The Kier molecular flexibility index (Phi) is 4.45. The van der Waals surface area contributed by atoms with Crippen molar-refractivity contribution < 1.29 is 14.6 Å². The van der Waals surface area contributed by atoms with E-state index >= 15 is 0 Å². The third-order valence-electron chi connectivity index (χ3n) is 4.35. The Hall–Kier alpha value is -3.43. The molecule has 0 saturated carbocycles. The molecule has 1 unspecified atom stereocenters. The Morgan fingerprint density at radius 3 is 2.70 bits per heavy atom. The predicted octanol–water partition coefficient (Wildman–Crippen LogP) is 4.38. The van der Waals surface area contributed by atoms with Crippen LogP contribution in [0.3, 0.4) is 0 Å². The molecule has 5 nitrogen and oxygen atoms in total. The zero-order valence-corrected chi connectivity index (χ0v) is 14.9. The second-order valence-electron chi connectivity index (χ2n) is 6.03. The molecule has 1 aliphatic rings. The molecule has 132 valence electrons. The molecule has 4 rings (SSSR count). The van der Waals surface area contributed by atoms with Crippen molar-refractivity contribution in [3.05, 3.63) is 81.9 Å². The molecule has 1 N–H and O–H groups in total. The zero-order valence-electron chi connectivity index (χ0n) is 14.1. The summed E-state index contributed by atoms with van der Waals surface area (Å²) in [6.07, 6.45) is -0.582. The molecule has 0 spiro atoms. The summed E-state index contributed by atoms with van der Waals surface area (Å²) >= 11 is 1.26. The van der Waals surface area contributed by atoms with Crippen LogP contribution in [0.4, 0.5) is 0 Å². The summed E-state index contributed by atoms with van der Waals surface area (Å²) in [5, 5.41) is 22.5. The highest BCUT2D eigenvalue weighted by atomic mass is 32.1. The number of nitriles is 1. The molecule has 0 aliphatic carbocycles. The molecule has 27 heavy (non-hydrogen) atoms. The Labute approximate surface area is 159 Å². The molecule has 1 aliphatic heterocycles. The van der Waals surface area contributed by atoms with E-state index in [1.165, 1.54) is 11.3 Å². The maximum atomic E-state index is 12.2. The normalized spacial score (nSPS) is 16.7. The number of aliphatic hydroxyl groups excluding tert-OH is 1. The average Bonchev–Trinajstić information content (AvgIpc) is 3.19. The number of thiazole rings is 1. The van der Waals surface area contributed by atoms with Gasteiger partial charge in [-0.15, -0.1) is 11.3 Å². The molecular formula is C21H14N2O3S. The number of allylic oxidation sites excluding steroid dienone is 1. The summed E-state index contributed by atoms with van der Waals surface area (Å²) in [5.41, 5.74) is 2.95. The number of ether oxygens (including phenoxy) is 1. The smallest absolute Gasteiger partial charge is 0.339 e. The maximum Gasteiger partial charge on any atom is 0.339 e. The van der Waals surface area contributed by atoms with Crippen molar-refractivity contribution in [1.82, 2.24) is 4.98 Å². The van der Waals surface area contributed by atoms with Gasteiger partial charge in [-0.05, 0) is 11.6 Å². The molecule has 1 atom stereocenters.